The van der Waals surface area contributed by atoms with Gasteiger partial charge in [-0.25, -0.2) is 4.79 Å². The van der Waals surface area contributed by atoms with Gasteiger partial charge in [0.25, 0.3) is 0 Å². The van der Waals surface area contributed by atoms with E-state index in [0.29, 0.717) is 12.0 Å². The number of hydrogen-bond donors (Lipinski definition) is 1. The molecule has 2 amide bonds. The minimum atomic E-state index is -0.592. The fourth-order valence-corrected chi connectivity index (χ4v) is 4.46. The third kappa shape index (κ3) is 5.57. The van der Waals surface area contributed by atoms with Gasteiger partial charge in [-0.2, -0.15) is 10.3 Å². The molecule has 0 spiro atoms. The number of hydrogen-bond acceptors (Lipinski definition) is 6. The molecule has 8 nitrogen and oxygen atoms in total. The Hall–Kier alpha value is -4.12. The highest BCUT2D eigenvalue weighted by molar-refractivity contribution is 5.86. The monoisotopic (exact) mass is 485 g/mol. The van der Waals surface area contributed by atoms with Crippen LogP contribution in [-0.4, -0.2) is 45.6 Å². The summed E-state index contributed by atoms with van der Waals surface area (Å²) in [5.41, 5.74) is 6.69. The first-order chi connectivity index (χ1) is 17.2. The van der Waals surface area contributed by atoms with Gasteiger partial charge in [-0.1, -0.05) is 30.4 Å². The van der Waals surface area contributed by atoms with Crippen LogP contribution in [0, 0.1) is 17.2 Å². The van der Waals surface area contributed by atoms with Crippen molar-refractivity contribution < 1.29 is 14.3 Å². The summed E-state index contributed by atoms with van der Waals surface area (Å²) in [5.74, 6) is -0.406. The van der Waals surface area contributed by atoms with E-state index in [-0.39, 0.29) is 11.9 Å². The Kier molecular flexibility index (Phi) is 7.11. The van der Waals surface area contributed by atoms with Gasteiger partial charge in [0.05, 0.1) is 11.5 Å². The quantitative estimate of drug-likeness (QED) is 0.671. The molecule has 2 unspecified atom stereocenters. The SMILES string of the molecule is CN(C(=O)C1C=CC=C(c2ccncc2C#N)C=C1)C1CCC2=CNN(C(=O)OC(C)(C)C)C=C2C1. The fraction of sp³-hybridized carbons (Fsp3) is 0.357. The Morgan fingerprint density at radius 2 is 2.08 bits per heavy atom. The topological polar surface area (TPSA) is 98.6 Å². The van der Waals surface area contributed by atoms with Crippen LogP contribution in [0.15, 0.2) is 72.4 Å². The van der Waals surface area contributed by atoms with Gasteiger partial charge in [0.15, 0.2) is 0 Å². The summed E-state index contributed by atoms with van der Waals surface area (Å²) in [4.78, 5) is 31.7. The second kappa shape index (κ2) is 10.2. The number of nitriles is 1. The fourth-order valence-electron chi connectivity index (χ4n) is 4.46. The molecule has 4 rings (SSSR count). The van der Waals surface area contributed by atoms with Crippen molar-refractivity contribution in [2.75, 3.05) is 7.05 Å². The first-order valence-corrected chi connectivity index (χ1v) is 12.0. The van der Waals surface area contributed by atoms with E-state index in [1.165, 1.54) is 5.01 Å². The average molecular weight is 486 g/mol. The number of rotatable bonds is 3. The number of amides is 2. The van der Waals surface area contributed by atoms with Crippen molar-refractivity contribution in [1.29, 1.82) is 5.26 Å². The van der Waals surface area contributed by atoms with Crippen molar-refractivity contribution in [3.63, 3.8) is 0 Å². The summed E-state index contributed by atoms with van der Waals surface area (Å²) in [6.45, 7) is 5.48. The molecule has 1 aromatic heterocycles. The maximum Gasteiger partial charge on any atom is 0.433 e. The standard InChI is InChI=1S/C28H31N5O3/c1-28(2,3)36-27(35)33-18-22-14-24(11-10-21(22)17-31-33)32(4)26(34)20-7-5-6-19(8-9-20)25-12-13-30-16-23(25)15-29/h5-9,12-13,16-18,20,24,31H,10-11,14H2,1-4H3. The lowest BCUT2D eigenvalue weighted by molar-refractivity contribution is -0.133. The molecular formula is C28H31N5O3. The minimum Gasteiger partial charge on any atom is -0.442 e. The molecule has 1 N–H and O–H groups in total. The second-order valence-corrected chi connectivity index (χ2v) is 10.1. The van der Waals surface area contributed by atoms with E-state index in [4.69, 9.17) is 4.74 Å². The summed E-state index contributed by atoms with van der Waals surface area (Å²) >= 11 is 0. The van der Waals surface area contributed by atoms with Crippen molar-refractivity contribution in [3.8, 4) is 6.07 Å². The smallest absolute Gasteiger partial charge is 0.433 e. The lowest BCUT2D eigenvalue weighted by Gasteiger charge is -2.37. The number of nitrogens with one attached hydrogen (secondary N) is 1. The lowest BCUT2D eigenvalue weighted by Crippen LogP contribution is -2.45. The van der Waals surface area contributed by atoms with Gasteiger partial charge >= 0.3 is 6.09 Å². The van der Waals surface area contributed by atoms with E-state index in [0.717, 1.165) is 35.1 Å². The van der Waals surface area contributed by atoms with E-state index in [9.17, 15) is 14.9 Å². The summed E-state index contributed by atoms with van der Waals surface area (Å²) in [5, 5.41) is 10.7. The van der Waals surface area contributed by atoms with Gasteiger partial charge in [0.1, 0.15) is 11.7 Å². The highest BCUT2D eigenvalue weighted by atomic mass is 16.6. The first kappa shape index (κ1) is 25.0. The van der Waals surface area contributed by atoms with Gasteiger partial charge in [0, 0.05) is 43.4 Å². The van der Waals surface area contributed by atoms with Crippen LogP contribution in [0.25, 0.3) is 5.57 Å². The van der Waals surface area contributed by atoms with Gasteiger partial charge in [0.2, 0.25) is 5.91 Å². The highest BCUT2D eigenvalue weighted by Crippen LogP contribution is 2.34. The number of carbonyl (C=O) groups is 2. The zero-order valence-corrected chi connectivity index (χ0v) is 21.1. The van der Waals surface area contributed by atoms with Crippen LogP contribution in [0.1, 0.15) is 51.2 Å². The number of hydrazine groups is 1. The van der Waals surface area contributed by atoms with Gasteiger partial charge in [-0.15, -0.1) is 0 Å². The van der Waals surface area contributed by atoms with Gasteiger partial charge in [-0.05, 0) is 62.8 Å². The van der Waals surface area contributed by atoms with Gasteiger partial charge in [-0.3, -0.25) is 15.2 Å². The lowest BCUT2D eigenvalue weighted by atomic mass is 9.85. The molecule has 3 aliphatic rings. The second-order valence-electron chi connectivity index (χ2n) is 10.1. The molecule has 0 aromatic carbocycles. The molecule has 186 valence electrons. The molecule has 1 saturated carbocycles. The molecule has 8 heteroatoms. The first-order valence-electron chi connectivity index (χ1n) is 12.0. The number of nitrogens with zero attached hydrogens (tertiary/aromatic N) is 4. The van der Waals surface area contributed by atoms with E-state index in [1.54, 1.807) is 24.7 Å². The Labute approximate surface area is 211 Å². The molecule has 0 bridgehead atoms. The third-order valence-corrected chi connectivity index (χ3v) is 6.38. The van der Waals surface area contributed by atoms with E-state index in [2.05, 4.69) is 16.5 Å². The molecule has 1 aromatic rings. The molecule has 1 aliphatic heterocycles. The van der Waals surface area contributed by atoms with Crippen molar-refractivity contribution in [1.82, 2.24) is 20.3 Å². The summed E-state index contributed by atoms with van der Waals surface area (Å²) in [7, 11) is 1.84. The van der Waals surface area contributed by atoms with Crippen molar-refractivity contribution in [3.05, 3.63) is 83.5 Å². The highest BCUT2D eigenvalue weighted by Gasteiger charge is 2.32. The molecule has 1 fully saturated rings. The molecule has 2 atom stereocenters. The zero-order valence-electron chi connectivity index (χ0n) is 21.1. The predicted molar refractivity (Wildman–Crippen MR) is 136 cm³/mol. The Morgan fingerprint density at radius 3 is 2.83 bits per heavy atom. The molecule has 2 aliphatic carbocycles. The summed E-state index contributed by atoms with van der Waals surface area (Å²) < 4.78 is 5.46. The van der Waals surface area contributed by atoms with Crippen LogP contribution in [0.3, 0.4) is 0 Å². The summed E-state index contributed by atoms with van der Waals surface area (Å²) in [6, 6.07) is 3.99. The van der Waals surface area contributed by atoms with Crippen molar-refractivity contribution in [2.45, 2.75) is 51.7 Å². The number of allylic oxidation sites excluding steroid dienone is 5. The predicted octanol–water partition coefficient (Wildman–Crippen LogP) is 4.61. The van der Waals surface area contributed by atoms with E-state index in [1.807, 2.05) is 69.3 Å². The number of ether oxygens (including phenoxy) is 1. The van der Waals surface area contributed by atoms with E-state index >= 15 is 0 Å². The Bertz CT molecular complexity index is 1240. The van der Waals surface area contributed by atoms with Crippen LogP contribution >= 0.6 is 0 Å². The van der Waals surface area contributed by atoms with Crippen LogP contribution in [-0.2, 0) is 9.53 Å². The third-order valence-electron chi connectivity index (χ3n) is 6.38. The van der Waals surface area contributed by atoms with Crippen molar-refractivity contribution in [2.24, 2.45) is 5.92 Å². The molecule has 0 saturated heterocycles. The number of pyridine rings is 1. The largest absolute Gasteiger partial charge is 0.442 e. The van der Waals surface area contributed by atoms with Crippen LogP contribution in [0.5, 0.6) is 0 Å². The number of fused-ring (bicyclic) bond motifs is 1. The maximum absolute atomic E-state index is 13.4. The van der Waals surface area contributed by atoms with Crippen molar-refractivity contribution >= 4 is 17.6 Å². The van der Waals surface area contributed by atoms with E-state index < -0.39 is 17.6 Å². The molecule has 0 radical (unpaired) electrons. The van der Waals surface area contributed by atoms with Crippen LogP contribution in [0.4, 0.5) is 4.79 Å². The zero-order chi connectivity index (χ0) is 25.9. The van der Waals surface area contributed by atoms with Gasteiger partial charge < -0.3 is 9.64 Å². The Morgan fingerprint density at radius 1 is 1.28 bits per heavy atom. The molecule has 36 heavy (non-hydrogen) atoms. The Balaban J connectivity index is 1.44. The van der Waals surface area contributed by atoms with Crippen LogP contribution < -0.4 is 5.43 Å². The maximum atomic E-state index is 13.4. The summed E-state index contributed by atoms with van der Waals surface area (Å²) in [6.07, 6.45) is 18.1. The van der Waals surface area contributed by atoms with Crippen LogP contribution in [0.2, 0.25) is 0 Å². The number of carbonyl (C=O) groups excluding carboxylic acids is 2. The molecule has 2 heterocycles. The minimum absolute atomic E-state index is 0.00310. The molecular weight excluding hydrogens is 454 g/mol. The average Bonchev–Trinajstić information content (AvgIpc) is 3.12. The normalized spacial score (nSPS) is 21.1. The number of aromatic nitrogens is 1.